The number of carboxylic acids is 1. The van der Waals surface area contributed by atoms with E-state index in [9.17, 15) is 9.90 Å². The molecule has 0 spiro atoms. The fraction of sp³-hybridized carbons (Fsp3) is 0.389. The number of aliphatic hydroxyl groups excluding tert-OH is 1. The van der Waals surface area contributed by atoms with Crippen LogP contribution in [-0.4, -0.2) is 70.1 Å². The predicted molar refractivity (Wildman–Crippen MR) is 92.7 cm³/mol. The number of aliphatic carboxylic acids is 1. The molecule has 8 nitrogen and oxygen atoms in total. The van der Waals surface area contributed by atoms with Gasteiger partial charge in [-0.2, -0.15) is 0 Å². The van der Waals surface area contributed by atoms with Crippen molar-refractivity contribution in [1.29, 1.82) is 0 Å². The van der Waals surface area contributed by atoms with Crippen LogP contribution in [0.3, 0.4) is 0 Å². The number of carboxylic acid groups (broad SMARTS) is 1. The van der Waals surface area contributed by atoms with Crippen LogP contribution in [-0.2, 0) is 16.1 Å². The van der Waals surface area contributed by atoms with E-state index in [2.05, 4.69) is 9.97 Å². The zero-order valence-corrected chi connectivity index (χ0v) is 14.4. The van der Waals surface area contributed by atoms with Gasteiger partial charge in [-0.05, 0) is 31.3 Å². The molecule has 2 atom stereocenters. The first kappa shape index (κ1) is 18.2. The number of nitrogens with zero attached hydrogens (tertiary/aromatic N) is 3. The van der Waals surface area contributed by atoms with Crippen molar-refractivity contribution in [3.63, 3.8) is 0 Å². The van der Waals surface area contributed by atoms with Gasteiger partial charge in [0.1, 0.15) is 5.75 Å². The lowest BCUT2D eigenvalue weighted by Crippen LogP contribution is -2.40. The molecule has 2 aromatic rings. The van der Waals surface area contributed by atoms with Crippen LogP contribution < -0.4 is 4.74 Å². The van der Waals surface area contributed by atoms with Gasteiger partial charge in [-0.1, -0.05) is 0 Å². The summed E-state index contributed by atoms with van der Waals surface area (Å²) in [5.41, 5.74) is 1.60. The van der Waals surface area contributed by atoms with Crippen LogP contribution in [0.15, 0.2) is 36.7 Å². The Kier molecular flexibility index (Phi) is 5.77. The Bertz CT molecular complexity index is 756. The van der Waals surface area contributed by atoms with Gasteiger partial charge in [0.15, 0.2) is 12.4 Å². The highest BCUT2D eigenvalue weighted by atomic mass is 16.5. The maximum atomic E-state index is 10.8. The van der Waals surface area contributed by atoms with E-state index in [1.165, 1.54) is 0 Å². The van der Waals surface area contributed by atoms with Crippen molar-refractivity contribution in [2.45, 2.75) is 18.7 Å². The van der Waals surface area contributed by atoms with E-state index in [4.69, 9.17) is 14.6 Å². The third kappa shape index (κ3) is 4.34. The Morgan fingerprint density at radius 3 is 2.77 bits per heavy atom. The molecule has 1 aromatic carbocycles. The minimum Gasteiger partial charge on any atom is -0.482 e. The average Bonchev–Trinajstić information content (AvgIpc) is 3.07. The SMILES string of the molecule is CN(Cc1cc(-c2ncccn2)ccc1OCC(=O)O)[C@@H]1COC[C@H]1O. The molecular formula is C18H21N3O5. The number of ether oxygens (including phenoxy) is 2. The summed E-state index contributed by atoms with van der Waals surface area (Å²) in [7, 11) is 1.88. The molecular weight excluding hydrogens is 338 g/mol. The highest BCUT2D eigenvalue weighted by molar-refractivity contribution is 5.68. The van der Waals surface area contributed by atoms with E-state index < -0.39 is 18.7 Å². The van der Waals surface area contributed by atoms with Crippen molar-refractivity contribution in [3.05, 3.63) is 42.2 Å². The number of benzene rings is 1. The highest BCUT2D eigenvalue weighted by Crippen LogP contribution is 2.27. The molecule has 1 fully saturated rings. The normalized spacial score (nSPS) is 19.7. The van der Waals surface area contributed by atoms with Gasteiger partial charge in [-0.3, -0.25) is 4.90 Å². The molecule has 2 heterocycles. The van der Waals surface area contributed by atoms with Crippen LogP contribution in [0.2, 0.25) is 0 Å². The van der Waals surface area contributed by atoms with Crippen LogP contribution in [0.5, 0.6) is 5.75 Å². The minimum atomic E-state index is -1.04. The number of aliphatic hydroxyl groups is 1. The van der Waals surface area contributed by atoms with Gasteiger partial charge >= 0.3 is 5.97 Å². The highest BCUT2D eigenvalue weighted by Gasteiger charge is 2.30. The summed E-state index contributed by atoms with van der Waals surface area (Å²) in [6.07, 6.45) is 2.77. The van der Waals surface area contributed by atoms with Gasteiger partial charge in [-0.25, -0.2) is 14.8 Å². The third-order valence-corrected chi connectivity index (χ3v) is 4.24. The number of hydrogen-bond donors (Lipinski definition) is 2. The number of carbonyl (C=O) groups is 1. The Hall–Kier alpha value is -2.55. The van der Waals surface area contributed by atoms with Gasteiger partial charge in [-0.15, -0.1) is 0 Å². The van der Waals surface area contributed by atoms with Crippen molar-refractivity contribution in [2.24, 2.45) is 0 Å². The quantitative estimate of drug-likeness (QED) is 0.748. The lowest BCUT2D eigenvalue weighted by Gasteiger charge is -2.26. The first-order valence-corrected chi connectivity index (χ1v) is 8.25. The molecule has 3 rings (SSSR count). The number of hydrogen-bond acceptors (Lipinski definition) is 7. The number of likely N-dealkylation sites (N-methyl/N-ethyl adjacent to an activating group) is 1. The Morgan fingerprint density at radius 1 is 1.35 bits per heavy atom. The lowest BCUT2D eigenvalue weighted by molar-refractivity contribution is -0.139. The summed E-state index contributed by atoms with van der Waals surface area (Å²) in [6.45, 7) is 0.799. The van der Waals surface area contributed by atoms with Crippen molar-refractivity contribution in [2.75, 3.05) is 26.9 Å². The summed E-state index contributed by atoms with van der Waals surface area (Å²) in [6, 6.07) is 7.01. The monoisotopic (exact) mass is 359 g/mol. The summed E-state index contributed by atoms with van der Waals surface area (Å²) in [5, 5.41) is 18.9. The van der Waals surface area contributed by atoms with Gasteiger partial charge in [0, 0.05) is 30.1 Å². The molecule has 0 saturated carbocycles. The molecule has 26 heavy (non-hydrogen) atoms. The second kappa shape index (κ2) is 8.22. The Morgan fingerprint density at radius 2 is 2.12 bits per heavy atom. The molecule has 2 N–H and O–H groups in total. The summed E-state index contributed by atoms with van der Waals surface area (Å²) in [5.74, 6) is 0.0112. The van der Waals surface area contributed by atoms with Crippen LogP contribution in [0.25, 0.3) is 11.4 Å². The fourth-order valence-electron chi connectivity index (χ4n) is 2.91. The van der Waals surface area contributed by atoms with Gasteiger partial charge in [0.25, 0.3) is 0 Å². The summed E-state index contributed by atoms with van der Waals surface area (Å²) >= 11 is 0. The standard InChI is InChI=1S/C18H21N3O5/c1-21(14-9-25-10-15(14)22)8-13-7-12(18-19-5-2-6-20-18)3-4-16(13)26-11-17(23)24/h2-7,14-15,22H,8-11H2,1H3,(H,23,24)/t14-,15-/m1/s1. The maximum absolute atomic E-state index is 10.8. The largest absolute Gasteiger partial charge is 0.482 e. The topological polar surface area (TPSA) is 105 Å². The van der Waals surface area contributed by atoms with Crippen LogP contribution >= 0.6 is 0 Å². The minimum absolute atomic E-state index is 0.126. The zero-order chi connectivity index (χ0) is 18.5. The van der Waals surface area contributed by atoms with Crippen LogP contribution in [0, 0.1) is 0 Å². The molecule has 0 amide bonds. The van der Waals surface area contributed by atoms with Crippen molar-refractivity contribution < 1.29 is 24.5 Å². The van der Waals surface area contributed by atoms with Crippen LogP contribution in [0.4, 0.5) is 0 Å². The molecule has 0 bridgehead atoms. The number of rotatable bonds is 7. The van der Waals surface area contributed by atoms with Gasteiger partial charge in [0.2, 0.25) is 0 Å². The molecule has 8 heteroatoms. The smallest absolute Gasteiger partial charge is 0.341 e. The average molecular weight is 359 g/mol. The zero-order valence-electron chi connectivity index (χ0n) is 14.4. The van der Waals surface area contributed by atoms with Gasteiger partial charge in [0.05, 0.1) is 25.4 Å². The molecule has 1 saturated heterocycles. The van der Waals surface area contributed by atoms with Crippen LogP contribution in [0.1, 0.15) is 5.56 Å². The summed E-state index contributed by atoms with van der Waals surface area (Å²) < 4.78 is 10.7. The molecule has 138 valence electrons. The molecule has 0 radical (unpaired) electrons. The Balaban J connectivity index is 1.86. The molecule has 1 aliphatic heterocycles. The fourth-order valence-corrected chi connectivity index (χ4v) is 2.91. The van der Waals surface area contributed by atoms with Crippen molar-refractivity contribution in [1.82, 2.24) is 14.9 Å². The van der Waals surface area contributed by atoms with Crippen molar-refractivity contribution >= 4 is 5.97 Å². The third-order valence-electron chi connectivity index (χ3n) is 4.24. The van der Waals surface area contributed by atoms with E-state index >= 15 is 0 Å². The molecule has 1 aliphatic rings. The predicted octanol–water partition coefficient (Wildman–Crippen LogP) is 0.798. The second-order valence-corrected chi connectivity index (χ2v) is 6.16. The first-order chi connectivity index (χ1) is 12.5. The van der Waals surface area contributed by atoms with E-state index in [0.717, 1.165) is 11.1 Å². The molecule has 0 unspecified atom stereocenters. The number of aromatic nitrogens is 2. The van der Waals surface area contributed by atoms with E-state index in [-0.39, 0.29) is 6.04 Å². The maximum Gasteiger partial charge on any atom is 0.341 e. The van der Waals surface area contributed by atoms with E-state index in [0.29, 0.717) is 31.3 Å². The van der Waals surface area contributed by atoms with E-state index in [1.807, 2.05) is 18.0 Å². The Labute approximate surface area is 151 Å². The van der Waals surface area contributed by atoms with E-state index in [1.54, 1.807) is 30.6 Å². The van der Waals surface area contributed by atoms with Crippen molar-refractivity contribution in [3.8, 4) is 17.1 Å². The molecule has 0 aliphatic carbocycles. The first-order valence-electron chi connectivity index (χ1n) is 8.25. The van der Waals surface area contributed by atoms with Gasteiger partial charge < -0.3 is 19.7 Å². The summed E-state index contributed by atoms with van der Waals surface area (Å²) in [4.78, 5) is 21.3. The molecule has 1 aromatic heterocycles. The second-order valence-electron chi connectivity index (χ2n) is 6.16. The lowest BCUT2D eigenvalue weighted by atomic mass is 10.1.